The third kappa shape index (κ3) is 6.09. The van der Waals surface area contributed by atoms with E-state index in [1.807, 2.05) is 61.5 Å². The van der Waals surface area contributed by atoms with Gasteiger partial charge in [0.2, 0.25) is 0 Å². The van der Waals surface area contributed by atoms with Crippen molar-refractivity contribution in [2.75, 3.05) is 33.7 Å². The van der Waals surface area contributed by atoms with E-state index in [4.69, 9.17) is 11.6 Å². The first kappa shape index (κ1) is 23.7. The molecule has 1 unspecified atom stereocenters. The Labute approximate surface area is 178 Å². The maximum absolute atomic E-state index is 13.2. The van der Waals surface area contributed by atoms with Gasteiger partial charge in [-0.3, -0.25) is 4.79 Å². The SMILES string of the molecule is CN(C)Cc1cccc(C(=O)N2CCNCC2c2cccc(Cl)c2)c1.Cl.Cl. The van der Waals surface area contributed by atoms with Crippen LogP contribution in [0.4, 0.5) is 0 Å². The number of nitrogens with zero attached hydrogens (tertiary/aromatic N) is 2. The Hall–Kier alpha value is -1.30. The molecule has 1 heterocycles. The minimum Gasteiger partial charge on any atom is -0.329 e. The van der Waals surface area contributed by atoms with Crippen LogP contribution >= 0.6 is 36.4 Å². The van der Waals surface area contributed by atoms with Gasteiger partial charge >= 0.3 is 0 Å². The monoisotopic (exact) mass is 429 g/mol. The van der Waals surface area contributed by atoms with Crippen LogP contribution in [0.25, 0.3) is 0 Å². The fourth-order valence-corrected chi connectivity index (χ4v) is 3.49. The lowest BCUT2D eigenvalue weighted by molar-refractivity contribution is 0.0634. The van der Waals surface area contributed by atoms with Gasteiger partial charge in [-0.25, -0.2) is 0 Å². The summed E-state index contributed by atoms with van der Waals surface area (Å²) >= 11 is 6.15. The number of amides is 1. The third-order valence-electron chi connectivity index (χ3n) is 4.41. The highest BCUT2D eigenvalue weighted by atomic mass is 35.5. The summed E-state index contributed by atoms with van der Waals surface area (Å²) in [5, 5.41) is 4.08. The minimum absolute atomic E-state index is 0. The lowest BCUT2D eigenvalue weighted by Gasteiger charge is -2.36. The van der Waals surface area contributed by atoms with Crippen molar-refractivity contribution >= 4 is 42.3 Å². The number of benzene rings is 2. The molecule has 1 saturated heterocycles. The van der Waals surface area contributed by atoms with E-state index in [2.05, 4.69) is 16.3 Å². The second-order valence-electron chi connectivity index (χ2n) is 6.71. The zero-order valence-electron chi connectivity index (χ0n) is 15.5. The van der Waals surface area contributed by atoms with E-state index in [0.717, 1.165) is 36.3 Å². The van der Waals surface area contributed by atoms with E-state index < -0.39 is 0 Å². The van der Waals surface area contributed by atoms with Crippen molar-refractivity contribution in [3.8, 4) is 0 Å². The molecule has 1 aliphatic rings. The average molecular weight is 431 g/mol. The Bertz CT molecular complexity index is 755. The normalized spacial score (nSPS) is 16.4. The van der Waals surface area contributed by atoms with Crippen LogP contribution in [0.5, 0.6) is 0 Å². The number of carbonyl (C=O) groups is 1. The molecule has 1 N–H and O–H groups in total. The molecule has 148 valence electrons. The molecule has 0 radical (unpaired) electrons. The van der Waals surface area contributed by atoms with Gasteiger partial charge < -0.3 is 15.1 Å². The summed E-state index contributed by atoms with van der Waals surface area (Å²) in [6, 6.07) is 15.7. The summed E-state index contributed by atoms with van der Waals surface area (Å²) < 4.78 is 0. The van der Waals surface area contributed by atoms with Crippen molar-refractivity contribution in [1.29, 1.82) is 0 Å². The molecule has 27 heavy (non-hydrogen) atoms. The number of hydrogen-bond donors (Lipinski definition) is 1. The lowest BCUT2D eigenvalue weighted by atomic mass is 10.0. The maximum Gasteiger partial charge on any atom is 0.254 e. The molecular weight excluding hydrogens is 405 g/mol. The topological polar surface area (TPSA) is 35.6 Å². The minimum atomic E-state index is -0.00236. The molecule has 4 nitrogen and oxygen atoms in total. The highest BCUT2D eigenvalue weighted by Gasteiger charge is 2.28. The number of nitrogens with one attached hydrogen (secondary N) is 1. The van der Waals surface area contributed by atoms with Crippen LogP contribution in [0, 0.1) is 0 Å². The number of rotatable bonds is 4. The summed E-state index contributed by atoms with van der Waals surface area (Å²) in [5.74, 6) is 0.0760. The quantitative estimate of drug-likeness (QED) is 0.795. The van der Waals surface area contributed by atoms with E-state index in [1.54, 1.807) is 0 Å². The first-order valence-electron chi connectivity index (χ1n) is 8.55. The number of hydrogen-bond acceptors (Lipinski definition) is 3. The number of halogens is 3. The summed E-state index contributed by atoms with van der Waals surface area (Å²) in [6.07, 6.45) is 0. The maximum atomic E-state index is 13.2. The van der Waals surface area contributed by atoms with E-state index in [9.17, 15) is 4.79 Å². The molecule has 3 rings (SSSR count). The summed E-state index contributed by atoms with van der Waals surface area (Å²) in [6.45, 7) is 3.05. The van der Waals surface area contributed by atoms with E-state index in [0.29, 0.717) is 11.6 Å². The van der Waals surface area contributed by atoms with E-state index >= 15 is 0 Å². The molecule has 1 aliphatic heterocycles. The van der Waals surface area contributed by atoms with Gasteiger partial charge in [-0.1, -0.05) is 35.9 Å². The van der Waals surface area contributed by atoms with Gasteiger partial charge in [0.1, 0.15) is 0 Å². The van der Waals surface area contributed by atoms with Crippen LogP contribution in [-0.4, -0.2) is 49.4 Å². The van der Waals surface area contributed by atoms with Gasteiger partial charge in [0.25, 0.3) is 5.91 Å². The molecule has 1 fully saturated rings. The van der Waals surface area contributed by atoms with Crippen molar-refractivity contribution in [3.05, 3.63) is 70.2 Å². The van der Waals surface area contributed by atoms with Crippen LogP contribution in [0.15, 0.2) is 48.5 Å². The second kappa shape index (κ2) is 10.9. The van der Waals surface area contributed by atoms with E-state index in [-0.39, 0.29) is 36.8 Å². The molecule has 0 spiro atoms. The fraction of sp³-hybridized carbons (Fsp3) is 0.350. The highest BCUT2D eigenvalue weighted by molar-refractivity contribution is 6.30. The molecule has 0 aliphatic carbocycles. The Kier molecular flexibility index (Phi) is 9.57. The smallest absolute Gasteiger partial charge is 0.254 e. The van der Waals surface area contributed by atoms with Gasteiger partial charge in [0.15, 0.2) is 0 Å². The zero-order chi connectivity index (χ0) is 17.8. The Balaban J connectivity index is 0.00000182. The molecule has 0 aromatic heterocycles. The van der Waals surface area contributed by atoms with Crippen LogP contribution < -0.4 is 5.32 Å². The van der Waals surface area contributed by atoms with Gasteiger partial charge in [-0.05, 0) is 49.5 Å². The van der Waals surface area contributed by atoms with Crippen molar-refractivity contribution in [1.82, 2.24) is 15.1 Å². The third-order valence-corrected chi connectivity index (χ3v) is 4.65. The molecule has 0 saturated carbocycles. The van der Waals surface area contributed by atoms with Gasteiger partial charge in [0.05, 0.1) is 6.04 Å². The average Bonchev–Trinajstić information content (AvgIpc) is 2.61. The van der Waals surface area contributed by atoms with Crippen LogP contribution in [-0.2, 0) is 6.54 Å². The van der Waals surface area contributed by atoms with Gasteiger partial charge in [-0.15, -0.1) is 24.8 Å². The molecular formula is C20H26Cl3N3O. The highest BCUT2D eigenvalue weighted by Crippen LogP contribution is 2.26. The predicted molar refractivity (Wildman–Crippen MR) is 116 cm³/mol. The van der Waals surface area contributed by atoms with Crippen molar-refractivity contribution in [2.45, 2.75) is 12.6 Å². The number of carbonyl (C=O) groups excluding carboxylic acids is 1. The largest absolute Gasteiger partial charge is 0.329 e. The molecule has 1 amide bonds. The Morgan fingerprint density at radius 1 is 1.19 bits per heavy atom. The predicted octanol–water partition coefficient (Wildman–Crippen LogP) is 4.03. The van der Waals surface area contributed by atoms with Crippen LogP contribution in [0.1, 0.15) is 27.5 Å². The van der Waals surface area contributed by atoms with Crippen molar-refractivity contribution < 1.29 is 4.79 Å². The summed E-state index contributed by atoms with van der Waals surface area (Å²) in [4.78, 5) is 17.2. The summed E-state index contributed by atoms with van der Waals surface area (Å²) in [7, 11) is 4.06. The Morgan fingerprint density at radius 3 is 2.63 bits per heavy atom. The molecule has 7 heteroatoms. The zero-order valence-corrected chi connectivity index (χ0v) is 17.9. The molecule has 2 aromatic rings. The Morgan fingerprint density at radius 2 is 1.93 bits per heavy atom. The van der Waals surface area contributed by atoms with Crippen molar-refractivity contribution in [2.24, 2.45) is 0 Å². The van der Waals surface area contributed by atoms with Gasteiger partial charge in [0, 0.05) is 36.8 Å². The second-order valence-corrected chi connectivity index (χ2v) is 7.15. The standard InChI is InChI=1S/C20H24ClN3O.2ClH/c1-23(2)14-15-5-3-7-17(11-15)20(25)24-10-9-22-13-19(24)16-6-4-8-18(21)12-16;;/h3-8,11-12,19,22H,9-10,13-14H2,1-2H3;2*1H. The fourth-order valence-electron chi connectivity index (χ4n) is 3.29. The molecule has 1 atom stereocenters. The van der Waals surface area contributed by atoms with E-state index in [1.165, 1.54) is 0 Å². The van der Waals surface area contributed by atoms with Crippen LogP contribution in [0.2, 0.25) is 5.02 Å². The van der Waals surface area contributed by atoms with Crippen molar-refractivity contribution in [3.63, 3.8) is 0 Å². The first-order chi connectivity index (χ1) is 12.0. The summed E-state index contributed by atoms with van der Waals surface area (Å²) in [5.41, 5.74) is 2.95. The van der Waals surface area contributed by atoms with Crippen LogP contribution in [0.3, 0.4) is 0 Å². The number of piperazine rings is 1. The van der Waals surface area contributed by atoms with Gasteiger partial charge in [-0.2, -0.15) is 0 Å². The molecule has 2 aromatic carbocycles. The lowest BCUT2D eigenvalue weighted by Crippen LogP contribution is -2.48. The molecule has 0 bridgehead atoms. The first-order valence-corrected chi connectivity index (χ1v) is 8.93.